The number of amides is 2. The molecule has 3 N–H and O–H groups in total. The van der Waals surface area contributed by atoms with Crippen LogP contribution in [0.5, 0.6) is 0 Å². The Bertz CT molecular complexity index is 1200. The van der Waals surface area contributed by atoms with Gasteiger partial charge in [-0.15, -0.1) is 6.58 Å². The van der Waals surface area contributed by atoms with Gasteiger partial charge in [0.25, 0.3) is 0 Å². The zero-order valence-corrected chi connectivity index (χ0v) is 19.0. The summed E-state index contributed by atoms with van der Waals surface area (Å²) >= 11 is 0. The van der Waals surface area contributed by atoms with E-state index in [1.54, 1.807) is 30.3 Å². The summed E-state index contributed by atoms with van der Waals surface area (Å²) in [5.41, 5.74) is 4.80. The molecular weight excluding hydrogens is 444 g/mol. The van der Waals surface area contributed by atoms with Crippen LogP contribution in [0.1, 0.15) is 35.1 Å². The summed E-state index contributed by atoms with van der Waals surface area (Å²) in [5.74, 6) is -1.97. The molecule has 0 aromatic heterocycles. The lowest BCUT2D eigenvalue weighted by atomic mass is 9.98. The van der Waals surface area contributed by atoms with Crippen molar-refractivity contribution in [3.05, 3.63) is 108 Å². The van der Waals surface area contributed by atoms with Crippen LogP contribution in [-0.4, -0.2) is 35.7 Å². The number of rotatable bonds is 9. The highest BCUT2D eigenvalue weighted by molar-refractivity contribution is 5.90. The van der Waals surface area contributed by atoms with Crippen LogP contribution >= 0.6 is 0 Å². The van der Waals surface area contributed by atoms with E-state index in [2.05, 4.69) is 17.2 Å². The highest BCUT2D eigenvalue weighted by atomic mass is 16.5. The van der Waals surface area contributed by atoms with E-state index in [1.165, 1.54) is 6.08 Å². The molecule has 3 aromatic carbocycles. The average molecular weight is 471 g/mol. The van der Waals surface area contributed by atoms with Crippen LogP contribution in [0, 0.1) is 0 Å². The van der Waals surface area contributed by atoms with Crippen molar-refractivity contribution in [3.63, 3.8) is 0 Å². The third kappa shape index (κ3) is 5.24. The second kappa shape index (κ2) is 10.7. The smallest absolute Gasteiger partial charge is 0.407 e. The number of fused-ring (bicyclic) bond motifs is 3. The summed E-state index contributed by atoms with van der Waals surface area (Å²) in [6.07, 6.45) is 0.823. The predicted molar refractivity (Wildman–Crippen MR) is 132 cm³/mol. The number of alkyl carbamates (subject to hydrolysis) is 1. The minimum absolute atomic E-state index is 0.101. The minimum atomic E-state index is -1.25. The lowest BCUT2D eigenvalue weighted by Gasteiger charge is -2.21. The lowest BCUT2D eigenvalue weighted by molar-refractivity contribution is -0.142. The molecule has 0 bridgehead atoms. The molecular formula is C28H26N2O5. The van der Waals surface area contributed by atoms with Gasteiger partial charge in [0.2, 0.25) is 5.91 Å². The van der Waals surface area contributed by atoms with Gasteiger partial charge >= 0.3 is 12.1 Å². The van der Waals surface area contributed by atoms with Gasteiger partial charge in [0, 0.05) is 5.92 Å². The average Bonchev–Trinajstić information content (AvgIpc) is 3.19. The molecule has 0 heterocycles. The molecule has 0 saturated heterocycles. The molecule has 0 aliphatic heterocycles. The highest BCUT2D eigenvalue weighted by Crippen LogP contribution is 2.44. The number of carboxylic acids is 1. The van der Waals surface area contributed by atoms with Gasteiger partial charge in [-0.25, -0.2) is 9.59 Å². The van der Waals surface area contributed by atoms with E-state index in [9.17, 15) is 19.5 Å². The monoisotopic (exact) mass is 470 g/mol. The van der Waals surface area contributed by atoms with E-state index in [1.807, 2.05) is 48.5 Å². The van der Waals surface area contributed by atoms with Crippen LogP contribution in [0.3, 0.4) is 0 Å². The largest absolute Gasteiger partial charge is 0.479 e. The summed E-state index contributed by atoms with van der Waals surface area (Å²) < 4.78 is 5.52. The topological polar surface area (TPSA) is 105 Å². The Hall–Kier alpha value is -4.39. The molecule has 1 aliphatic rings. The minimum Gasteiger partial charge on any atom is -0.479 e. The SMILES string of the molecule is C=CCC(NC(=O)OCC1c2ccccc2-c2ccccc21)C(=O)N[C@H](C(=O)O)c1ccccc1. The van der Waals surface area contributed by atoms with E-state index in [0.717, 1.165) is 22.3 Å². The molecule has 4 rings (SSSR count). The molecule has 2 amide bonds. The quantitative estimate of drug-likeness (QED) is 0.402. The third-order valence-electron chi connectivity index (χ3n) is 6.02. The van der Waals surface area contributed by atoms with E-state index in [0.29, 0.717) is 5.56 Å². The van der Waals surface area contributed by atoms with Crippen LogP contribution in [0.15, 0.2) is 91.5 Å². The number of benzene rings is 3. The predicted octanol–water partition coefficient (Wildman–Crippen LogP) is 4.41. The fourth-order valence-corrected chi connectivity index (χ4v) is 4.36. The van der Waals surface area contributed by atoms with Crippen LogP contribution in [-0.2, 0) is 14.3 Å². The zero-order chi connectivity index (χ0) is 24.8. The molecule has 0 radical (unpaired) electrons. The van der Waals surface area contributed by atoms with Gasteiger partial charge in [0.1, 0.15) is 12.6 Å². The molecule has 7 nitrogen and oxygen atoms in total. The Morgan fingerprint density at radius 3 is 2.03 bits per heavy atom. The molecule has 178 valence electrons. The Morgan fingerprint density at radius 1 is 0.886 bits per heavy atom. The van der Waals surface area contributed by atoms with Crippen LogP contribution in [0.2, 0.25) is 0 Å². The first-order valence-electron chi connectivity index (χ1n) is 11.3. The van der Waals surface area contributed by atoms with Gasteiger partial charge in [-0.2, -0.15) is 0 Å². The van der Waals surface area contributed by atoms with Crippen molar-refractivity contribution in [3.8, 4) is 11.1 Å². The summed E-state index contributed by atoms with van der Waals surface area (Å²) in [7, 11) is 0. The number of carbonyl (C=O) groups is 3. The van der Waals surface area contributed by atoms with Crippen molar-refractivity contribution in [2.24, 2.45) is 0 Å². The maximum atomic E-state index is 12.9. The van der Waals surface area contributed by atoms with Gasteiger partial charge < -0.3 is 20.5 Å². The summed E-state index contributed by atoms with van der Waals surface area (Å²) in [6, 6.07) is 22.1. The maximum Gasteiger partial charge on any atom is 0.407 e. The summed E-state index contributed by atoms with van der Waals surface area (Å²) in [6.45, 7) is 3.73. The number of carbonyl (C=O) groups excluding carboxylic acids is 2. The number of ether oxygens (including phenoxy) is 1. The van der Waals surface area contributed by atoms with Gasteiger partial charge in [-0.1, -0.05) is 84.9 Å². The van der Waals surface area contributed by atoms with E-state index >= 15 is 0 Å². The number of aliphatic carboxylic acids is 1. The van der Waals surface area contributed by atoms with Gasteiger partial charge in [-0.3, -0.25) is 4.79 Å². The Labute approximate surface area is 203 Å². The van der Waals surface area contributed by atoms with Crippen molar-refractivity contribution < 1.29 is 24.2 Å². The zero-order valence-electron chi connectivity index (χ0n) is 19.0. The van der Waals surface area contributed by atoms with E-state index in [4.69, 9.17) is 4.74 Å². The fourth-order valence-electron chi connectivity index (χ4n) is 4.36. The van der Waals surface area contributed by atoms with Gasteiger partial charge in [-0.05, 0) is 34.2 Å². The Balaban J connectivity index is 1.42. The number of nitrogens with one attached hydrogen (secondary N) is 2. The Morgan fingerprint density at radius 2 is 1.46 bits per heavy atom. The summed E-state index contributed by atoms with van der Waals surface area (Å²) in [4.78, 5) is 37.2. The van der Waals surface area contributed by atoms with Crippen molar-refractivity contribution in [2.45, 2.75) is 24.4 Å². The molecule has 2 atom stereocenters. The first kappa shape index (κ1) is 23.8. The second-order valence-corrected chi connectivity index (χ2v) is 8.24. The van der Waals surface area contributed by atoms with E-state index < -0.39 is 30.1 Å². The molecule has 0 fully saturated rings. The van der Waals surface area contributed by atoms with Crippen molar-refractivity contribution in [1.82, 2.24) is 10.6 Å². The molecule has 35 heavy (non-hydrogen) atoms. The number of carboxylic acid groups (broad SMARTS) is 1. The first-order chi connectivity index (χ1) is 17.0. The molecule has 1 unspecified atom stereocenters. The normalized spacial score (nSPS) is 13.6. The van der Waals surface area contributed by atoms with Crippen molar-refractivity contribution in [2.75, 3.05) is 6.61 Å². The van der Waals surface area contributed by atoms with Crippen LogP contribution in [0.25, 0.3) is 11.1 Å². The van der Waals surface area contributed by atoms with Crippen LogP contribution in [0.4, 0.5) is 4.79 Å². The van der Waals surface area contributed by atoms with Crippen molar-refractivity contribution >= 4 is 18.0 Å². The molecule has 0 spiro atoms. The Kier molecular flexibility index (Phi) is 7.26. The van der Waals surface area contributed by atoms with Crippen LogP contribution < -0.4 is 10.6 Å². The second-order valence-electron chi connectivity index (χ2n) is 8.24. The molecule has 1 aliphatic carbocycles. The maximum absolute atomic E-state index is 12.9. The lowest BCUT2D eigenvalue weighted by Crippen LogP contribution is -2.48. The fraction of sp³-hybridized carbons (Fsp3) is 0.179. The number of hydrogen-bond donors (Lipinski definition) is 3. The standard InChI is InChI=1S/C28H26N2O5/c1-2-10-24(26(31)30-25(27(32)33)18-11-4-3-5-12-18)29-28(34)35-17-23-21-15-8-6-13-19(21)20-14-7-9-16-22(20)23/h2-9,11-16,23-25H,1,10,17H2,(H,29,34)(H,30,31)(H,32,33)/t24?,25-/m0/s1. The first-order valence-corrected chi connectivity index (χ1v) is 11.3. The van der Waals surface area contributed by atoms with Gasteiger partial charge in [0.15, 0.2) is 6.04 Å². The highest BCUT2D eigenvalue weighted by Gasteiger charge is 2.30. The third-order valence-corrected chi connectivity index (χ3v) is 6.02. The molecule has 7 heteroatoms. The van der Waals surface area contributed by atoms with Gasteiger partial charge in [0.05, 0.1) is 0 Å². The number of hydrogen-bond acceptors (Lipinski definition) is 4. The van der Waals surface area contributed by atoms with Crippen molar-refractivity contribution in [1.29, 1.82) is 0 Å². The summed E-state index contributed by atoms with van der Waals surface area (Å²) in [5, 5.41) is 14.6. The van der Waals surface area contributed by atoms with E-state index in [-0.39, 0.29) is 18.9 Å². The molecule has 3 aromatic rings. The molecule has 0 saturated carbocycles.